The molecule has 0 saturated heterocycles. The zero-order chi connectivity index (χ0) is 23.3. The van der Waals surface area contributed by atoms with Gasteiger partial charge in [0.25, 0.3) is 0 Å². The minimum atomic E-state index is -0.393. The number of nitrogens with one attached hydrogen (secondary N) is 1. The molecule has 8 heteroatoms. The van der Waals surface area contributed by atoms with Gasteiger partial charge in [-0.25, -0.2) is 9.18 Å². The second-order valence-electron chi connectivity index (χ2n) is 8.73. The molecule has 0 fully saturated rings. The number of urea groups is 1. The molecule has 0 radical (unpaired) electrons. The van der Waals surface area contributed by atoms with Crippen LogP contribution in [-0.2, 0) is 11.4 Å². The molecule has 0 aliphatic carbocycles. The number of oxime groups is 1. The Balaban J connectivity index is 1.71. The molecule has 1 unspecified atom stereocenters. The van der Waals surface area contributed by atoms with Crippen LogP contribution in [0.15, 0.2) is 47.6 Å². The number of benzene rings is 2. The number of hydrogen-bond donors (Lipinski definition) is 1. The van der Waals surface area contributed by atoms with E-state index in [2.05, 4.69) is 10.5 Å². The predicted octanol–water partition coefficient (Wildman–Crippen LogP) is 4.35. The Bertz CT molecular complexity index is 970. The van der Waals surface area contributed by atoms with Crippen LogP contribution in [0.5, 0.6) is 11.5 Å². The Labute approximate surface area is 188 Å². The molecule has 0 bridgehead atoms. The van der Waals surface area contributed by atoms with Gasteiger partial charge in [0.1, 0.15) is 5.82 Å². The second-order valence-corrected chi connectivity index (χ2v) is 8.73. The number of rotatable bonds is 7. The van der Waals surface area contributed by atoms with Crippen LogP contribution in [-0.4, -0.2) is 49.0 Å². The minimum Gasteiger partial charge on any atom is -0.493 e. The average Bonchev–Trinajstić information content (AvgIpc) is 3.21. The van der Waals surface area contributed by atoms with Crippen molar-refractivity contribution in [1.29, 1.82) is 0 Å². The van der Waals surface area contributed by atoms with Gasteiger partial charge in [0.05, 0.1) is 26.5 Å². The van der Waals surface area contributed by atoms with E-state index >= 15 is 0 Å². The maximum atomic E-state index is 13.3. The van der Waals surface area contributed by atoms with Gasteiger partial charge in [0.15, 0.2) is 17.6 Å². The van der Waals surface area contributed by atoms with Gasteiger partial charge in [0.2, 0.25) is 0 Å². The van der Waals surface area contributed by atoms with Gasteiger partial charge in [-0.2, -0.15) is 0 Å². The molecule has 2 aromatic carbocycles. The lowest BCUT2D eigenvalue weighted by Gasteiger charge is -2.29. The number of carbonyl (C=O) groups excluding carboxylic acids is 1. The van der Waals surface area contributed by atoms with Crippen molar-refractivity contribution in [2.24, 2.45) is 5.16 Å². The minimum absolute atomic E-state index is 0.218. The first kappa shape index (κ1) is 23.4. The highest BCUT2D eigenvalue weighted by Crippen LogP contribution is 2.29. The van der Waals surface area contributed by atoms with Crippen molar-refractivity contribution in [3.05, 3.63) is 59.4 Å². The van der Waals surface area contributed by atoms with Gasteiger partial charge < -0.3 is 24.5 Å². The molecule has 2 amide bonds. The summed E-state index contributed by atoms with van der Waals surface area (Å²) in [5, 5.41) is 7.22. The van der Waals surface area contributed by atoms with Gasteiger partial charge in [0, 0.05) is 24.1 Å². The van der Waals surface area contributed by atoms with Crippen molar-refractivity contribution in [3.63, 3.8) is 0 Å². The first-order chi connectivity index (χ1) is 15.2. The Hall–Kier alpha value is -3.29. The highest BCUT2D eigenvalue weighted by molar-refractivity contribution is 6.01. The summed E-state index contributed by atoms with van der Waals surface area (Å²) < 4.78 is 24.0. The first-order valence-electron chi connectivity index (χ1n) is 10.4. The summed E-state index contributed by atoms with van der Waals surface area (Å²) in [6.07, 6.45) is 0.238. The molecular formula is C24H30FN3O4. The van der Waals surface area contributed by atoms with E-state index in [-0.39, 0.29) is 18.0 Å². The smallest absolute Gasteiger partial charge is 0.318 e. The van der Waals surface area contributed by atoms with Gasteiger partial charge in [-0.15, -0.1) is 0 Å². The van der Waals surface area contributed by atoms with Crippen molar-refractivity contribution < 1.29 is 23.5 Å². The quantitative estimate of drug-likeness (QED) is 0.691. The first-order valence-corrected chi connectivity index (χ1v) is 10.4. The normalized spacial score (nSPS) is 15.6. The Morgan fingerprint density at radius 3 is 2.47 bits per heavy atom. The number of ether oxygens (including phenoxy) is 2. The molecule has 7 nitrogen and oxygen atoms in total. The topological polar surface area (TPSA) is 72.4 Å². The van der Waals surface area contributed by atoms with E-state index in [9.17, 15) is 9.18 Å². The Morgan fingerprint density at radius 2 is 1.84 bits per heavy atom. The van der Waals surface area contributed by atoms with Crippen molar-refractivity contribution in [2.75, 3.05) is 20.8 Å². The number of carbonyl (C=O) groups is 1. The lowest BCUT2D eigenvalue weighted by molar-refractivity contribution is 0.0580. The summed E-state index contributed by atoms with van der Waals surface area (Å²) in [4.78, 5) is 20.3. The monoisotopic (exact) mass is 443 g/mol. The van der Waals surface area contributed by atoms with Crippen LogP contribution in [0.3, 0.4) is 0 Å². The zero-order valence-corrected chi connectivity index (χ0v) is 19.1. The zero-order valence-electron chi connectivity index (χ0n) is 19.1. The maximum Gasteiger partial charge on any atom is 0.318 e. The summed E-state index contributed by atoms with van der Waals surface area (Å²) in [7, 11) is 3.17. The van der Waals surface area contributed by atoms with Gasteiger partial charge in [-0.05, 0) is 56.7 Å². The number of halogens is 1. The standard InChI is InChI=1S/C24H30FN3O4/c1-24(2,3)26-23(29)28(14-16-6-9-18(25)10-7-16)15-19-13-20(27-32-19)17-8-11-21(30-4)22(12-17)31-5/h6-12,19H,13-15H2,1-5H3,(H,26,29). The van der Waals surface area contributed by atoms with E-state index in [1.165, 1.54) is 12.1 Å². The van der Waals surface area contributed by atoms with Crippen LogP contribution in [0.25, 0.3) is 0 Å². The van der Waals surface area contributed by atoms with Gasteiger partial charge >= 0.3 is 6.03 Å². The molecule has 3 rings (SSSR count). The van der Waals surface area contributed by atoms with Crippen LogP contribution in [0.1, 0.15) is 38.3 Å². The molecule has 1 N–H and O–H groups in total. The van der Waals surface area contributed by atoms with Crippen LogP contribution in [0.2, 0.25) is 0 Å². The molecule has 1 aliphatic heterocycles. The summed E-state index contributed by atoms with van der Waals surface area (Å²) in [5.41, 5.74) is 2.08. The summed E-state index contributed by atoms with van der Waals surface area (Å²) in [6.45, 7) is 6.43. The summed E-state index contributed by atoms with van der Waals surface area (Å²) in [6, 6.07) is 11.5. The predicted molar refractivity (Wildman–Crippen MR) is 121 cm³/mol. The van der Waals surface area contributed by atoms with Crippen molar-refractivity contribution in [3.8, 4) is 11.5 Å². The molecule has 172 valence electrons. The highest BCUT2D eigenvalue weighted by Gasteiger charge is 2.28. The fourth-order valence-electron chi connectivity index (χ4n) is 3.39. The second kappa shape index (κ2) is 9.89. The molecule has 2 aromatic rings. The number of methoxy groups -OCH3 is 2. The molecule has 1 heterocycles. The number of amides is 2. The van der Waals surface area contributed by atoms with E-state index in [0.29, 0.717) is 31.0 Å². The van der Waals surface area contributed by atoms with Crippen molar-refractivity contribution >= 4 is 11.7 Å². The van der Waals surface area contributed by atoms with E-state index < -0.39 is 5.54 Å². The van der Waals surface area contributed by atoms with E-state index in [1.807, 2.05) is 39.0 Å². The third-order valence-electron chi connectivity index (χ3n) is 4.93. The summed E-state index contributed by atoms with van der Waals surface area (Å²) >= 11 is 0. The molecule has 0 aromatic heterocycles. The fourth-order valence-corrected chi connectivity index (χ4v) is 3.39. The van der Waals surface area contributed by atoms with Gasteiger partial charge in [-0.1, -0.05) is 17.3 Å². The van der Waals surface area contributed by atoms with Crippen molar-refractivity contribution in [1.82, 2.24) is 10.2 Å². The van der Waals surface area contributed by atoms with E-state index in [1.54, 1.807) is 31.3 Å². The number of hydrogen-bond acceptors (Lipinski definition) is 5. The third kappa shape index (κ3) is 6.12. The molecule has 0 spiro atoms. The molecule has 32 heavy (non-hydrogen) atoms. The van der Waals surface area contributed by atoms with Crippen LogP contribution < -0.4 is 14.8 Å². The maximum absolute atomic E-state index is 13.3. The highest BCUT2D eigenvalue weighted by atomic mass is 19.1. The van der Waals surface area contributed by atoms with Crippen LogP contribution in [0, 0.1) is 5.82 Å². The lowest BCUT2D eigenvalue weighted by Crippen LogP contribution is -2.50. The summed E-state index contributed by atoms with van der Waals surface area (Å²) in [5.74, 6) is 0.932. The Kier molecular flexibility index (Phi) is 7.22. The Morgan fingerprint density at radius 1 is 1.16 bits per heavy atom. The van der Waals surface area contributed by atoms with E-state index in [4.69, 9.17) is 14.3 Å². The SMILES string of the molecule is COc1ccc(C2=NOC(CN(Cc3ccc(F)cc3)C(=O)NC(C)(C)C)C2)cc1OC. The molecule has 1 atom stereocenters. The fraction of sp³-hybridized carbons (Fsp3) is 0.417. The average molecular weight is 444 g/mol. The van der Waals surface area contributed by atoms with E-state index in [0.717, 1.165) is 16.8 Å². The number of nitrogens with zero attached hydrogens (tertiary/aromatic N) is 2. The van der Waals surface area contributed by atoms with Crippen LogP contribution in [0.4, 0.5) is 9.18 Å². The third-order valence-corrected chi connectivity index (χ3v) is 4.93. The van der Waals surface area contributed by atoms with Crippen molar-refractivity contribution in [2.45, 2.75) is 45.4 Å². The molecule has 0 saturated carbocycles. The molecule has 1 aliphatic rings. The van der Waals surface area contributed by atoms with Crippen LogP contribution >= 0.6 is 0 Å². The lowest BCUT2D eigenvalue weighted by atomic mass is 10.0. The van der Waals surface area contributed by atoms with Gasteiger partial charge in [-0.3, -0.25) is 0 Å². The largest absolute Gasteiger partial charge is 0.493 e. The molecular weight excluding hydrogens is 413 g/mol.